The zero-order valence-corrected chi connectivity index (χ0v) is 17.9. The molecule has 2 aromatic rings. The minimum absolute atomic E-state index is 0.0360. The van der Waals surface area contributed by atoms with Crippen LogP contribution in [-0.4, -0.2) is 58.9 Å². The van der Waals surface area contributed by atoms with Crippen LogP contribution in [0.3, 0.4) is 0 Å². The molecule has 2 saturated heterocycles. The molecule has 2 aliphatic heterocycles. The Labute approximate surface area is 185 Å². The zero-order valence-electron chi connectivity index (χ0n) is 17.1. The zero-order chi connectivity index (χ0) is 22.0. The topological polar surface area (TPSA) is 110 Å². The SMILES string of the molecule is NC(=O)C1CCCN(C(=O)c2cc(C3CCN(C(=O)c4cccc(Cl)c4)CC3)no2)C1. The molecule has 9 heteroatoms. The monoisotopic (exact) mass is 444 g/mol. The number of carbonyl (C=O) groups excluding carboxylic acids is 3. The van der Waals surface area contributed by atoms with Crippen LogP contribution in [0.15, 0.2) is 34.9 Å². The maximum atomic E-state index is 12.8. The van der Waals surface area contributed by atoms with E-state index in [1.165, 1.54) is 0 Å². The first-order valence-corrected chi connectivity index (χ1v) is 10.9. The Hall–Kier alpha value is -2.87. The fourth-order valence-electron chi connectivity index (χ4n) is 4.31. The van der Waals surface area contributed by atoms with Gasteiger partial charge in [0.15, 0.2) is 0 Å². The third kappa shape index (κ3) is 4.74. The Bertz CT molecular complexity index is 983. The number of benzene rings is 1. The second kappa shape index (κ2) is 9.09. The van der Waals surface area contributed by atoms with Crippen molar-refractivity contribution < 1.29 is 18.9 Å². The van der Waals surface area contributed by atoms with Gasteiger partial charge in [-0.15, -0.1) is 0 Å². The van der Waals surface area contributed by atoms with Crippen molar-refractivity contribution in [3.8, 4) is 0 Å². The molecule has 4 rings (SSSR count). The van der Waals surface area contributed by atoms with Crippen molar-refractivity contribution in [3.63, 3.8) is 0 Å². The van der Waals surface area contributed by atoms with Crippen LogP contribution in [0.1, 0.15) is 58.2 Å². The quantitative estimate of drug-likeness (QED) is 0.779. The number of aromatic nitrogens is 1. The number of likely N-dealkylation sites (tertiary alicyclic amines) is 2. The first kappa shape index (κ1) is 21.4. The number of rotatable bonds is 4. The molecule has 2 fully saturated rings. The number of primary amides is 1. The van der Waals surface area contributed by atoms with Gasteiger partial charge >= 0.3 is 0 Å². The first-order chi connectivity index (χ1) is 14.9. The van der Waals surface area contributed by atoms with E-state index in [0.717, 1.165) is 25.0 Å². The predicted molar refractivity (Wildman–Crippen MR) is 114 cm³/mol. The van der Waals surface area contributed by atoms with Crippen LogP contribution < -0.4 is 5.73 Å². The Balaban J connectivity index is 1.35. The summed E-state index contributed by atoms with van der Waals surface area (Å²) < 4.78 is 5.33. The van der Waals surface area contributed by atoms with Gasteiger partial charge in [0.05, 0.1) is 11.6 Å². The lowest BCUT2D eigenvalue weighted by Crippen LogP contribution is -2.44. The van der Waals surface area contributed by atoms with Crippen molar-refractivity contribution >= 4 is 29.3 Å². The summed E-state index contributed by atoms with van der Waals surface area (Å²) in [5, 5.41) is 4.65. The molecule has 1 aromatic heterocycles. The van der Waals surface area contributed by atoms with Crippen molar-refractivity contribution in [3.05, 3.63) is 52.4 Å². The minimum atomic E-state index is -0.380. The highest BCUT2D eigenvalue weighted by molar-refractivity contribution is 6.30. The summed E-state index contributed by atoms with van der Waals surface area (Å²) in [4.78, 5) is 40.3. The number of hydrogen-bond donors (Lipinski definition) is 1. The smallest absolute Gasteiger partial charge is 0.292 e. The van der Waals surface area contributed by atoms with E-state index in [4.69, 9.17) is 21.9 Å². The van der Waals surface area contributed by atoms with Gasteiger partial charge in [0.25, 0.3) is 11.8 Å². The van der Waals surface area contributed by atoms with Gasteiger partial charge in [-0.3, -0.25) is 14.4 Å². The van der Waals surface area contributed by atoms with Crippen LogP contribution in [0.5, 0.6) is 0 Å². The molecular formula is C22H25ClN4O4. The molecule has 31 heavy (non-hydrogen) atoms. The Morgan fingerprint density at radius 1 is 1.03 bits per heavy atom. The maximum absolute atomic E-state index is 12.8. The van der Waals surface area contributed by atoms with E-state index in [-0.39, 0.29) is 35.3 Å². The molecule has 164 valence electrons. The predicted octanol–water partition coefficient (Wildman–Crippen LogP) is 2.69. The van der Waals surface area contributed by atoms with E-state index in [1.807, 2.05) is 4.90 Å². The molecule has 0 radical (unpaired) electrons. The summed E-state index contributed by atoms with van der Waals surface area (Å²) in [6, 6.07) is 8.64. The average Bonchev–Trinajstić information content (AvgIpc) is 3.28. The minimum Gasteiger partial charge on any atom is -0.369 e. The highest BCUT2D eigenvalue weighted by Gasteiger charge is 2.31. The standard InChI is InChI=1S/C22H25ClN4O4/c23-17-5-1-3-15(11-17)21(29)26-9-6-14(7-10-26)18-12-19(31-25-18)22(30)27-8-2-4-16(13-27)20(24)28/h1,3,5,11-12,14,16H,2,4,6-10,13H2,(H2,24,28). The molecule has 3 heterocycles. The van der Waals surface area contributed by atoms with Crippen LogP contribution >= 0.6 is 11.6 Å². The van der Waals surface area contributed by atoms with Crippen molar-refractivity contribution in [1.82, 2.24) is 15.0 Å². The number of carbonyl (C=O) groups is 3. The van der Waals surface area contributed by atoms with Gasteiger partial charge in [-0.25, -0.2) is 0 Å². The lowest BCUT2D eigenvalue weighted by atomic mass is 9.93. The van der Waals surface area contributed by atoms with E-state index in [9.17, 15) is 14.4 Å². The number of hydrogen-bond acceptors (Lipinski definition) is 5. The van der Waals surface area contributed by atoms with Crippen LogP contribution in [0.4, 0.5) is 0 Å². The fraction of sp³-hybridized carbons (Fsp3) is 0.455. The van der Waals surface area contributed by atoms with Gasteiger partial charge in [0.2, 0.25) is 11.7 Å². The van der Waals surface area contributed by atoms with E-state index in [2.05, 4.69) is 5.16 Å². The molecule has 1 aromatic carbocycles. The number of piperidine rings is 2. The second-order valence-corrected chi connectivity index (χ2v) is 8.62. The molecule has 3 amide bonds. The van der Waals surface area contributed by atoms with Crippen LogP contribution in [-0.2, 0) is 4.79 Å². The highest BCUT2D eigenvalue weighted by atomic mass is 35.5. The van der Waals surface area contributed by atoms with E-state index >= 15 is 0 Å². The molecule has 0 saturated carbocycles. The van der Waals surface area contributed by atoms with Crippen molar-refractivity contribution in [2.24, 2.45) is 11.7 Å². The summed E-state index contributed by atoms with van der Waals surface area (Å²) in [5.74, 6) is -0.702. The molecule has 0 spiro atoms. The highest BCUT2D eigenvalue weighted by Crippen LogP contribution is 2.29. The Kier molecular flexibility index (Phi) is 6.27. The Morgan fingerprint density at radius 2 is 1.81 bits per heavy atom. The van der Waals surface area contributed by atoms with Crippen LogP contribution in [0, 0.1) is 5.92 Å². The summed E-state index contributed by atoms with van der Waals surface area (Å²) >= 11 is 6.00. The number of nitrogens with two attached hydrogens (primary N) is 1. The number of nitrogens with zero attached hydrogens (tertiary/aromatic N) is 3. The average molecular weight is 445 g/mol. The van der Waals surface area contributed by atoms with Crippen molar-refractivity contribution in [1.29, 1.82) is 0 Å². The fourth-order valence-corrected chi connectivity index (χ4v) is 4.50. The number of halogens is 1. The van der Waals surface area contributed by atoms with E-state index in [0.29, 0.717) is 43.2 Å². The molecule has 1 atom stereocenters. The largest absolute Gasteiger partial charge is 0.369 e. The van der Waals surface area contributed by atoms with E-state index < -0.39 is 0 Å². The van der Waals surface area contributed by atoms with Gasteiger partial charge in [-0.1, -0.05) is 22.8 Å². The lowest BCUT2D eigenvalue weighted by molar-refractivity contribution is -0.123. The van der Waals surface area contributed by atoms with Gasteiger partial charge in [0, 0.05) is 48.7 Å². The van der Waals surface area contributed by atoms with E-state index in [1.54, 1.807) is 35.2 Å². The molecule has 2 aliphatic rings. The molecular weight excluding hydrogens is 420 g/mol. The van der Waals surface area contributed by atoms with Gasteiger partial charge in [-0.2, -0.15) is 0 Å². The second-order valence-electron chi connectivity index (χ2n) is 8.19. The number of amides is 3. The van der Waals surface area contributed by atoms with Gasteiger partial charge in [0.1, 0.15) is 0 Å². The maximum Gasteiger partial charge on any atom is 0.292 e. The molecule has 2 N–H and O–H groups in total. The summed E-state index contributed by atoms with van der Waals surface area (Å²) in [6.45, 7) is 2.08. The third-order valence-corrected chi connectivity index (χ3v) is 6.36. The molecule has 0 bridgehead atoms. The van der Waals surface area contributed by atoms with Gasteiger partial charge < -0.3 is 20.1 Å². The normalized spacial score (nSPS) is 20.0. The lowest BCUT2D eigenvalue weighted by Gasteiger charge is -2.31. The molecule has 8 nitrogen and oxygen atoms in total. The summed E-state index contributed by atoms with van der Waals surface area (Å²) in [6.07, 6.45) is 2.91. The van der Waals surface area contributed by atoms with Gasteiger partial charge in [-0.05, 0) is 43.9 Å². The third-order valence-electron chi connectivity index (χ3n) is 6.12. The summed E-state index contributed by atoms with van der Waals surface area (Å²) in [7, 11) is 0. The molecule has 1 unspecified atom stereocenters. The van der Waals surface area contributed by atoms with Crippen molar-refractivity contribution in [2.45, 2.75) is 31.6 Å². The van der Waals surface area contributed by atoms with Crippen LogP contribution in [0.25, 0.3) is 0 Å². The van der Waals surface area contributed by atoms with Crippen LogP contribution in [0.2, 0.25) is 5.02 Å². The first-order valence-electron chi connectivity index (χ1n) is 10.5. The Morgan fingerprint density at radius 3 is 2.52 bits per heavy atom. The van der Waals surface area contributed by atoms with Crippen molar-refractivity contribution in [2.75, 3.05) is 26.2 Å². The molecule has 0 aliphatic carbocycles. The summed E-state index contributed by atoms with van der Waals surface area (Å²) in [5.41, 5.74) is 6.70.